The average Bonchev–Trinajstić information content (AvgIpc) is 3.39. The zero-order valence-electron chi connectivity index (χ0n) is 35.7. The fraction of sp³-hybridized carbons (Fsp3) is 0. The summed E-state index contributed by atoms with van der Waals surface area (Å²) in [6, 6.07) is 76.1. The van der Waals surface area contributed by atoms with Crippen LogP contribution < -0.4 is 0 Å². The van der Waals surface area contributed by atoms with E-state index in [1.54, 1.807) is 0 Å². The molecule has 8 aromatic carbocycles. The Bertz CT molecular complexity index is 3570. The summed E-state index contributed by atoms with van der Waals surface area (Å²) in [5.41, 5.74) is 18.5. The van der Waals surface area contributed by atoms with E-state index in [4.69, 9.17) is 19.9 Å². The Morgan fingerprint density at radius 2 is 0.576 bits per heavy atom. The molecule has 0 atom stereocenters. The number of benzene rings is 8. The number of hydrogen-bond acceptors (Lipinski definition) is 4. The highest BCUT2D eigenvalue weighted by atomic mass is 14.7. The lowest BCUT2D eigenvalue weighted by atomic mass is 9.95. The first-order valence-electron chi connectivity index (χ1n) is 22.1. The van der Waals surface area contributed by atoms with Crippen LogP contribution in [0.25, 0.3) is 111 Å². The molecule has 0 N–H and O–H groups in total. The molecule has 66 heavy (non-hydrogen) atoms. The van der Waals surface area contributed by atoms with Crippen molar-refractivity contribution in [3.05, 3.63) is 242 Å². The number of rotatable bonds is 6. The Morgan fingerprint density at radius 1 is 0.258 bits per heavy atom. The topological polar surface area (TPSA) is 51.6 Å². The summed E-state index contributed by atoms with van der Waals surface area (Å²) in [6.45, 7) is 0. The summed E-state index contributed by atoms with van der Waals surface area (Å²) in [5.74, 6) is 6.80. The summed E-state index contributed by atoms with van der Waals surface area (Å²) >= 11 is 0. The maximum Gasteiger partial charge on any atom is 0.0723 e. The van der Waals surface area contributed by atoms with Gasteiger partial charge in [-0.15, -0.1) is 0 Å². The SMILES string of the molecule is C(#Cc1ccc(-c2cc(-c3ccccc3)c3cc4nccc(-c5ccccc5)c4cc3n2)cc1)c1ccc(-c2cc(-c3ccccc3)c3cc4nccc(-c5ccccc5)c4cc3n2)cc1. The normalized spacial score (nSPS) is 11.2. The smallest absolute Gasteiger partial charge is 0.0723 e. The van der Waals surface area contributed by atoms with Gasteiger partial charge in [0.25, 0.3) is 0 Å². The number of nitrogens with zero attached hydrogens (tertiary/aromatic N) is 4. The molecule has 0 bridgehead atoms. The van der Waals surface area contributed by atoms with Gasteiger partial charge < -0.3 is 0 Å². The van der Waals surface area contributed by atoms with E-state index in [-0.39, 0.29) is 0 Å². The van der Waals surface area contributed by atoms with E-state index >= 15 is 0 Å². The van der Waals surface area contributed by atoms with Gasteiger partial charge in [0, 0.05) is 56.2 Å². The van der Waals surface area contributed by atoms with Gasteiger partial charge in [0.05, 0.1) is 33.5 Å². The fourth-order valence-corrected chi connectivity index (χ4v) is 9.07. The molecule has 0 aliphatic rings. The van der Waals surface area contributed by atoms with E-state index in [9.17, 15) is 0 Å². The van der Waals surface area contributed by atoms with Crippen LogP contribution in [0, 0.1) is 11.8 Å². The Labute approximate surface area is 382 Å². The van der Waals surface area contributed by atoms with Crippen LogP contribution in [0.15, 0.2) is 231 Å². The van der Waals surface area contributed by atoms with Crippen molar-refractivity contribution in [3.63, 3.8) is 0 Å². The van der Waals surface area contributed by atoms with Gasteiger partial charge in [-0.1, -0.05) is 157 Å². The van der Waals surface area contributed by atoms with Crippen LogP contribution in [0.1, 0.15) is 11.1 Å². The van der Waals surface area contributed by atoms with E-state index < -0.39 is 0 Å². The van der Waals surface area contributed by atoms with Crippen molar-refractivity contribution in [2.75, 3.05) is 0 Å². The molecule has 12 aromatic rings. The average molecular weight is 839 g/mol. The predicted molar refractivity (Wildman–Crippen MR) is 273 cm³/mol. The molecule has 12 rings (SSSR count). The van der Waals surface area contributed by atoms with Crippen LogP contribution in [0.4, 0.5) is 0 Å². The predicted octanol–water partition coefficient (Wildman–Crippen LogP) is 15.3. The third-order valence-corrected chi connectivity index (χ3v) is 12.4. The van der Waals surface area contributed by atoms with E-state index in [1.807, 2.05) is 24.5 Å². The van der Waals surface area contributed by atoms with Crippen LogP contribution >= 0.6 is 0 Å². The minimum Gasteiger partial charge on any atom is -0.256 e. The molecule has 0 amide bonds. The minimum atomic E-state index is 0.903. The number of aromatic nitrogens is 4. The van der Waals surface area contributed by atoms with Crippen LogP contribution in [0.3, 0.4) is 0 Å². The zero-order chi connectivity index (χ0) is 43.8. The highest BCUT2D eigenvalue weighted by molar-refractivity contribution is 6.09. The maximum absolute atomic E-state index is 5.27. The summed E-state index contributed by atoms with van der Waals surface area (Å²) in [7, 11) is 0. The Kier molecular flexibility index (Phi) is 9.70. The second-order valence-corrected chi connectivity index (χ2v) is 16.5. The van der Waals surface area contributed by atoms with Gasteiger partial charge in [-0.3, -0.25) is 9.97 Å². The van der Waals surface area contributed by atoms with Crippen molar-refractivity contribution in [2.24, 2.45) is 0 Å². The van der Waals surface area contributed by atoms with Crippen molar-refractivity contribution in [2.45, 2.75) is 0 Å². The first-order chi connectivity index (χ1) is 32.7. The highest BCUT2D eigenvalue weighted by Crippen LogP contribution is 2.39. The zero-order valence-corrected chi connectivity index (χ0v) is 35.7. The van der Waals surface area contributed by atoms with Gasteiger partial charge in [0.2, 0.25) is 0 Å². The summed E-state index contributed by atoms with van der Waals surface area (Å²) in [5, 5.41) is 4.29. The molecule has 0 saturated heterocycles. The summed E-state index contributed by atoms with van der Waals surface area (Å²) < 4.78 is 0. The lowest BCUT2D eigenvalue weighted by molar-refractivity contribution is 1.38. The molecule has 4 heteroatoms. The number of fused-ring (bicyclic) bond motifs is 4. The molecule has 4 heterocycles. The quantitative estimate of drug-likeness (QED) is 0.124. The van der Waals surface area contributed by atoms with Crippen molar-refractivity contribution in [1.29, 1.82) is 0 Å². The van der Waals surface area contributed by atoms with E-state index in [0.29, 0.717) is 0 Å². The van der Waals surface area contributed by atoms with Gasteiger partial charge in [-0.05, 0) is 117 Å². The lowest BCUT2D eigenvalue weighted by Crippen LogP contribution is -1.92. The Hall–Kier alpha value is -9.04. The first-order valence-corrected chi connectivity index (χ1v) is 22.1. The summed E-state index contributed by atoms with van der Waals surface area (Å²) in [4.78, 5) is 20.1. The monoisotopic (exact) mass is 838 g/mol. The van der Waals surface area contributed by atoms with Crippen molar-refractivity contribution in [1.82, 2.24) is 19.9 Å². The maximum atomic E-state index is 5.27. The van der Waals surface area contributed by atoms with Gasteiger partial charge in [0.1, 0.15) is 0 Å². The molecule has 0 fully saturated rings. The highest BCUT2D eigenvalue weighted by Gasteiger charge is 2.16. The molecule has 4 nitrogen and oxygen atoms in total. The second-order valence-electron chi connectivity index (χ2n) is 16.5. The third-order valence-electron chi connectivity index (χ3n) is 12.4. The van der Waals surface area contributed by atoms with E-state index in [1.165, 1.54) is 0 Å². The van der Waals surface area contributed by atoms with Gasteiger partial charge in [-0.2, -0.15) is 0 Å². The second kappa shape index (κ2) is 16.6. The van der Waals surface area contributed by atoms with E-state index in [0.717, 1.165) is 122 Å². The fourth-order valence-electron chi connectivity index (χ4n) is 9.07. The Balaban J connectivity index is 0.870. The first kappa shape index (κ1) is 38.6. The molecular formula is C62H38N4. The van der Waals surface area contributed by atoms with Gasteiger partial charge >= 0.3 is 0 Å². The number of hydrogen-bond donors (Lipinski definition) is 0. The van der Waals surface area contributed by atoms with Gasteiger partial charge in [-0.25, -0.2) is 9.97 Å². The molecular weight excluding hydrogens is 801 g/mol. The van der Waals surface area contributed by atoms with E-state index in [2.05, 4.69) is 218 Å². The van der Waals surface area contributed by atoms with Crippen molar-refractivity contribution >= 4 is 43.6 Å². The van der Waals surface area contributed by atoms with Crippen LogP contribution in [0.2, 0.25) is 0 Å². The minimum absolute atomic E-state index is 0.903. The molecule has 0 spiro atoms. The van der Waals surface area contributed by atoms with Crippen LogP contribution in [-0.4, -0.2) is 19.9 Å². The number of pyridine rings is 4. The largest absolute Gasteiger partial charge is 0.256 e. The molecule has 306 valence electrons. The standard InChI is InChI=1S/C62H38N4/c1-5-13-43(14-6-1)49-31-33-63-59-37-55-51(45-17-9-3-10-18-45)35-57(65-61(55)39-53(49)59)47-27-23-41(24-28-47)21-22-42-25-29-48(30-26-42)58-36-52(46-19-11-4-12-20-46)56-38-60-54(40-62(56)66-58)50(32-34-64-60)44-15-7-2-8-16-44/h1-20,23-40H. The Morgan fingerprint density at radius 3 is 0.939 bits per heavy atom. The summed E-state index contributed by atoms with van der Waals surface area (Å²) in [6.07, 6.45) is 3.79. The van der Waals surface area contributed by atoms with Gasteiger partial charge in [0.15, 0.2) is 0 Å². The third kappa shape index (κ3) is 7.31. The van der Waals surface area contributed by atoms with Crippen molar-refractivity contribution < 1.29 is 0 Å². The van der Waals surface area contributed by atoms with Crippen LogP contribution in [0.5, 0.6) is 0 Å². The molecule has 4 aromatic heterocycles. The molecule has 0 aliphatic carbocycles. The molecule has 0 unspecified atom stereocenters. The van der Waals surface area contributed by atoms with Crippen LogP contribution in [-0.2, 0) is 0 Å². The lowest BCUT2D eigenvalue weighted by Gasteiger charge is -2.13. The molecule has 0 radical (unpaired) electrons. The molecule has 0 aliphatic heterocycles. The van der Waals surface area contributed by atoms with Crippen molar-refractivity contribution in [3.8, 4) is 78.9 Å². The molecule has 0 saturated carbocycles.